The number of nitrogens with zero attached hydrogens (tertiary/aromatic N) is 1. The van der Waals surface area contributed by atoms with E-state index in [1.807, 2.05) is 45.9 Å². The molecule has 2 aromatic carbocycles. The third-order valence-corrected chi connectivity index (χ3v) is 4.55. The van der Waals surface area contributed by atoms with Gasteiger partial charge in [0.05, 0.1) is 30.2 Å². The lowest BCUT2D eigenvalue weighted by Gasteiger charge is -2.14. The molecule has 0 saturated heterocycles. The molecule has 0 spiro atoms. The molecule has 0 unspecified atom stereocenters. The van der Waals surface area contributed by atoms with Crippen molar-refractivity contribution in [1.29, 1.82) is 0 Å². The minimum atomic E-state index is -0.192. The van der Waals surface area contributed by atoms with Gasteiger partial charge in [0.25, 0.3) is 5.91 Å². The fraction of sp³-hybridized carbons (Fsp3) is 0.217. The van der Waals surface area contributed by atoms with Gasteiger partial charge in [-0.05, 0) is 62.6 Å². The normalized spacial score (nSPS) is 10.5. The van der Waals surface area contributed by atoms with Gasteiger partial charge in [-0.3, -0.25) is 9.78 Å². The van der Waals surface area contributed by atoms with Crippen molar-refractivity contribution in [3.8, 4) is 5.75 Å². The van der Waals surface area contributed by atoms with Crippen molar-refractivity contribution in [1.82, 2.24) is 4.98 Å². The minimum Gasteiger partial charge on any atom is -0.495 e. The number of nitrogens with one attached hydrogen (secondary N) is 2. The van der Waals surface area contributed by atoms with Crippen LogP contribution >= 0.6 is 0 Å². The van der Waals surface area contributed by atoms with E-state index in [2.05, 4.69) is 27.8 Å². The number of pyridine rings is 1. The third-order valence-electron chi connectivity index (χ3n) is 4.55. The van der Waals surface area contributed by atoms with Crippen LogP contribution in [0, 0.1) is 27.7 Å². The molecule has 5 nitrogen and oxygen atoms in total. The lowest BCUT2D eigenvalue weighted by molar-refractivity contribution is 0.102. The highest BCUT2D eigenvalue weighted by Crippen LogP contribution is 2.29. The number of carbonyl (C=O) groups excluding carboxylic acids is 1. The molecule has 1 heterocycles. The highest BCUT2D eigenvalue weighted by molar-refractivity contribution is 6.05. The Labute approximate surface area is 165 Å². The first-order valence-electron chi connectivity index (χ1n) is 9.13. The van der Waals surface area contributed by atoms with E-state index >= 15 is 0 Å². The van der Waals surface area contributed by atoms with Crippen molar-refractivity contribution in [3.63, 3.8) is 0 Å². The largest absolute Gasteiger partial charge is 0.495 e. The summed E-state index contributed by atoms with van der Waals surface area (Å²) in [5.74, 6) is 0.536. The average Bonchev–Trinajstić information content (AvgIpc) is 2.65. The lowest BCUT2D eigenvalue weighted by atomic mass is 10.0. The second-order valence-electron chi connectivity index (χ2n) is 7.02. The Hall–Kier alpha value is -3.34. The molecule has 3 aromatic rings. The van der Waals surface area contributed by atoms with E-state index in [-0.39, 0.29) is 5.91 Å². The fourth-order valence-electron chi connectivity index (χ4n) is 3.27. The van der Waals surface area contributed by atoms with Gasteiger partial charge < -0.3 is 15.4 Å². The number of hydrogen-bond acceptors (Lipinski definition) is 4. The number of hydrogen-bond donors (Lipinski definition) is 2. The lowest BCUT2D eigenvalue weighted by Crippen LogP contribution is -2.14. The molecule has 0 saturated carbocycles. The maximum Gasteiger partial charge on any atom is 0.257 e. The van der Waals surface area contributed by atoms with E-state index in [1.165, 1.54) is 5.56 Å². The Balaban J connectivity index is 1.84. The molecule has 3 rings (SSSR count). The highest BCUT2D eigenvalue weighted by atomic mass is 16.5. The Morgan fingerprint density at radius 2 is 1.64 bits per heavy atom. The van der Waals surface area contributed by atoms with Gasteiger partial charge in [0.15, 0.2) is 0 Å². The van der Waals surface area contributed by atoms with Gasteiger partial charge in [-0.25, -0.2) is 0 Å². The summed E-state index contributed by atoms with van der Waals surface area (Å²) >= 11 is 0. The second-order valence-corrected chi connectivity index (χ2v) is 7.02. The van der Waals surface area contributed by atoms with Gasteiger partial charge in [-0.2, -0.15) is 0 Å². The Morgan fingerprint density at radius 1 is 0.929 bits per heavy atom. The number of rotatable bonds is 5. The maximum absolute atomic E-state index is 12.8. The van der Waals surface area contributed by atoms with Gasteiger partial charge in [0.2, 0.25) is 0 Å². The van der Waals surface area contributed by atoms with Crippen LogP contribution in [-0.2, 0) is 0 Å². The molecule has 144 valence electrons. The smallest absolute Gasteiger partial charge is 0.257 e. The molecule has 0 atom stereocenters. The summed E-state index contributed by atoms with van der Waals surface area (Å²) in [5.41, 5.74) is 7.23. The van der Waals surface area contributed by atoms with Crippen LogP contribution in [0.25, 0.3) is 0 Å². The second kappa shape index (κ2) is 8.13. The first kappa shape index (κ1) is 19.4. The van der Waals surface area contributed by atoms with Crippen LogP contribution in [0.15, 0.2) is 48.8 Å². The Morgan fingerprint density at radius 3 is 2.32 bits per heavy atom. The van der Waals surface area contributed by atoms with Crippen LogP contribution in [0.3, 0.4) is 0 Å². The maximum atomic E-state index is 12.8. The van der Waals surface area contributed by atoms with E-state index < -0.39 is 0 Å². The number of anilines is 3. The average molecular weight is 375 g/mol. The van der Waals surface area contributed by atoms with E-state index in [4.69, 9.17) is 4.74 Å². The number of benzene rings is 2. The van der Waals surface area contributed by atoms with E-state index in [1.54, 1.807) is 25.6 Å². The van der Waals surface area contributed by atoms with E-state index in [0.717, 1.165) is 33.8 Å². The summed E-state index contributed by atoms with van der Waals surface area (Å²) in [6.07, 6.45) is 3.24. The predicted molar refractivity (Wildman–Crippen MR) is 114 cm³/mol. The monoisotopic (exact) mass is 375 g/mol. The predicted octanol–water partition coefficient (Wildman–Crippen LogP) is 5.32. The summed E-state index contributed by atoms with van der Waals surface area (Å²) < 4.78 is 5.40. The van der Waals surface area contributed by atoms with Crippen molar-refractivity contribution in [3.05, 3.63) is 76.6 Å². The number of aromatic nitrogens is 1. The van der Waals surface area contributed by atoms with Crippen molar-refractivity contribution in [2.24, 2.45) is 0 Å². The van der Waals surface area contributed by atoms with Crippen LogP contribution < -0.4 is 15.4 Å². The zero-order chi connectivity index (χ0) is 20.3. The molecule has 1 amide bonds. The zero-order valence-corrected chi connectivity index (χ0v) is 16.9. The van der Waals surface area contributed by atoms with E-state index in [0.29, 0.717) is 11.3 Å². The Kier molecular flexibility index (Phi) is 5.64. The van der Waals surface area contributed by atoms with Crippen molar-refractivity contribution < 1.29 is 9.53 Å². The molecule has 0 bridgehead atoms. The highest BCUT2D eigenvalue weighted by Gasteiger charge is 2.12. The number of ether oxygens (including phenoxy) is 1. The van der Waals surface area contributed by atoms with Crippen LogP contribution in [0.4, 0.5) is 17.1 Å². The molecule has 0 radical (unpaired) electrons. The van der Waals surface area contributed by atoms with Crippen molar-refractivity contribution >= 4 is 23.0 Å². The number of aryl methyl sites for hydroxylation is 4. The summed E-state index contributed by atoms with van der Waals surface area (Å²) in [7, 11) is 1.63. The zero-order valence-electron chi connectivity index (χ0n) is 16.9. The Bertz CT molecular complexity index is 1010. The molecule has 1 aromatic heterocycles. The van der Waals surface area contributed by atoms with Gasteiger partial charge in [-0.15, -0.1) is 0 Å². The first-order valence-corrected chi connectivity index (χ1v) is 9.13. The number of carbonyl (C=O) groups is 1. The third kappa shape index (κ3) is 4.31. The molecular formula is C23H25N3O2. The summed E-state index contributed by atoms with van der Waals surface area (Å²) in [6.45, 7) is 8.05. The minimum absolute atomic E-state index is 0.192. The van der Waals surface area contributed by atoms with E-state index in [9.17, 15) is 4.79 Å². The van der Waals surface area contributed by atoms with Gasteiger partial charge in [0, 0.05) is 11.9 Å². The number of methoxy groups -OCH3 is 1. The molecule has 0 fully saturated rings. The molecule has 5 heteroatoms. The molecular weight excluding hydrogens is 350 g/mol. The van der Waals surface area contributed by atoms with Crippen LogP contribution in [0.5, 0.6) is 5.75 Å². The van der Waals surface area contributed by atoms with Gasteiger partial charge >= 0.3 is 0 Å². The SMILES string of the molecule is COc1ccc(C)cc1Nc1cncc(C(=O)Nc2c(C)cc(C)cc2C)c1. The molecule has 2 N–H and O–H groups in total. The summed E-state index contributed by atoms with van der Waals surface area (Å²) in [4.78, 5) is 17.0. The molecule has 0 aliphatic carbocycles. The molecule has 28 heavy (non-hydrogen) atoms. The first-order chi connectivity index (χ1) is 13.4. The number of amides is 1. The van der Waals surface area contributed by atoms with Gasteiger partial charge in [0.1, 0.15) is 5.75 Å². The summed E-state index contributed by atoms with van der Waals surface area (Å²) in [5, 5.41) is 6.30. The molecule has 0 aliphatic rings. The standard InChI is InChI=1S/C23H25N3O2/c1-14-6-7-21(28-5)20(10-14)25-19-11-18(12-24-13-19)23(27)26-22-16(3)8-15(2)9-17(22)4/h6-13,25H,1-5H3,(H,26,27). The van der Waals surface area contributed by atoms with Gasteiger partial charge in [-0.1, -0.05) is 23.8 Å². The molecule has 0 aliphatic heterocycles. The van der Waals surface area contributed by atoms with Crippen LogP contribution in [0.2, 0.25) is 0 Å². The topological polar surface area (TPSA) is 63.2 Å². The fourth-order valence-corrected chi connectivity index (χ4v) is 3.27. The quantitative estimate of drug-likeness (QED) is 0.633. The summed E-state index contributed by atoms with van der Waals surface area (Å²) in [6, 6.07) is 11.8. The van der Waals surface area contributed by atoms with Crippen LogP contribution in [-0.4, -0.2) is 18.0 Å². The van der Waals surface area contributed by atoms with Crippen molar-refractivity contribution in [2.75, 3.05) is 17.7 Å². The van der Waals surface area contributed by atoms with Crippen molar-refractivity contribution in [2.45, 2.75) is 27.7 Å². The van der Waals surface area contributed by atoms with Crippen LogP contribution in [0.1, 0.15) is 32.6 Å².